The molecule has 0 saturated carbocycles. The van der Waals surface area contributed by atoms with Crippen LogP contribution in [0.15, 0.2) is 42.5 Å². The molecule has 1 heterocycles. The van der Waals surface area contributed by atoms with Crippen LogP contribution in [-0.2, 0) is 16.1 Å². The Morgan fingerprint density at radius 3 is 2.56 bits per heavy atom. The van der Waals surface area contributed by atoms with E-state index in [4.69, 9.17) is 4.74 Å². The van der Waals surface area contributed by atoms with E-state index in [-0.39, 0.29) is 24.2 Å². The van der Waals surface area contributed by atoms with Gasteiger partial charge in [0, 0.05) is 25.2 Å². The standard InChI is InChI=1S/C22H26N2O3/c1-4-27-20-9-6-17(7-10-20)13-23-22(26)18-12-21(25)24(14-18)19-8-5-15(2)16(3)11-19/h5-11,18H,4,12-14H2,1-3H3,(H,23,26)/t18-/m1/s1. The molecule has 0 bridgehead atoms. The maximum absolute atomic E-state index is 12.5. The minimum atomic E-state index is -0.318. The largest absolute Gasteiger partial charge is 0.494 e. The van der Waals surface area contributed by atoms with Crippen molar-refractivity contribution in [2.75, 3.05) is 18.1 Å². The number of benzene rings is 2. The third-order valence-corrected chi connectivity index (χ3v) is 5.00. The summed E-state index contributed by atoms with van der Waals surface area (Å²) in [4.78, 5) is 26.6. The van der Waals surface area contributed by atoms with Crippen molar-refractivity contribution in [3.63, 3.8) is 0 Å². The van der Waals surface area contributed by atoms with Crippen molar-refractivity contribution in [3.8, 4) is 5.75 Å². The second kappa shape index (κ2) is 8.25. The van der Waals surface area contributed by atoms with Crippen molar-refractivity contribution >= 4 is 17.5 Å². The number of ether oxygens (including phenoxy) is 1. The first-order chi connectivity index (χ1) is 13.0. The second-order valence-electron chi connectivity index (χ2n) is 6.97. The molecule has 1 aliphatic rings. The van der Waals surface area contributed by atoms with Crippen LogP contribution in [0.25, 0.3) is 0 Å². The molecule has 1 N–H and O–H groups in total. The zero-order valence-corrected chi connectivity index (χ0v) is 16.1. The molecule has 0 unspecified atom stereocenters. The van der Waals surface area contributed by atoms with E-state index in [2.05, 4.69) is 5.32 Å². The number of carbonyl (C=O) groups is 2. The van der Waals surface area contributed by atoms with Gasteiger partial charge in [-0.25, -0.2) is 0 Å². The van der Waals surface area contributed by atoms with Crippen LogP contribution in [0.1, 0.15) is 30.0 Å². The van der Waals surface area contributed by atoms with Crippen LogP contribution in [0, 0.1) is 19.8 Å². The van der Waals surface area contributed by atoms with Gasteiger partial charge >= 0.3 is 0 Å². The summed E-state index contributed by atoms with van der Waals surface area (Å²) >= 11 is 0. The van der Waals surface area contributed by atoms with Gasteiger partial charge in [-0.3, -0.25) is 9.59 Å². The SMILES string of the molecule is CCOc1ccc(CNC(=O)[C@@H]2CC(=O)N(c3ccc(C)c(C)c3)C2)cc1. The monoisotopic (exact) mass is 366 g/mol. The van der Waals surface area contributed by atoms with E-state index in [0.29, 0.717) is 19.7 Å². The third-order valence-electron chi connectivity index (χ3n) is 5.00. The lowest BCUT2D eigenvalue weighted by atomic mass is 10.1. The number of amides is 2. The highest BCUT2D eigenvalue weighted by atomic mass is 16.5. The Morgan fingerprint density at radius 1 is 1.15 bits per heavy atom. The molecule has 2 aromatic carbocycles. The molecular formula is C22H26N2O3. The van der Waals surface area contributed by atoms with Crippen LogP contribution in [-0.4, -0.2) is 25.0 Å². The van der Waals surface area contributed by atoms with E-state index in [1.54, 1.807) is 4.90 Å². The zero-order chi connectivity index (χ0) is 19.4. The summed E-state index contributed by atoms with van der Waals surface area (Å²) in [7, 11) is 0. The van der Waals surface area contributed by atoms with Crippen molar-refractivity contribution in [2.45, 2.75) is 33.7 Å². The smallest absolute Gasteiger partial charge is 0.227 e. The van der Waals surface area contributed by atoms with Gasteiger partial charge in [0.1, 0.15) is 5.75 Å². The maximum Gasteiger partial charge on any atom is 0.227 e. The number of hydrogen-bond donors (Lipinski definition) is 1. The highest BCUT2D eigenvalue weighted by molar-refractivity contribution is 6.00. The molecule has 1 fully saturated rings. The van der Waals surface area contributed by atoms with Gasteiger partial charge in [0.25, 0.3) is 0 Å². The number of nitrogens with one attached hydrogen (secondary N) is 1. The van der Waals surface area contributed by atoms with Crippen LogP contribution in [0.5, 0.6) is 5.75 Å². The van der Waals surface area contributed by atoms with Gasteiger partial charge in [0.15, 0.2) is 0 Å². The van der Waals surface area contributed by atoms with E-state index >= 15 is 0 Å². The van der Waals surface area contributed by atoms with Crippen molar-refractivity contribution in [1.82, 2.24) is 5.32 Å². The highest BCUT2D eigenvalue weighted by Crippen LogP contribution is 2.27. The molecule has 142 valence electrons. The first-order valence-electron chi connectivity index (χ1n) is 9.35. The van der Waals surface area contributed by atoms with E-state index in [0.717, 1.165) is 22.6 Å². The topological polar surface area (TPSA) is 58.6 Å². The van der Waals surface area contributed by atoms with Gasteiger partial charge in [-0.1, -0.05) is 18.2 Å². The molecule has 2 amide bonds. The van der Waals surface area contributed by atoms with Gasteiger partial charge in [-0.2, -0.15) is 0 Å². The first-order valence-corrected chi connectivity index (χ1v) is 9.35. The number of carbonyl (C=O) groups excluding carboxylic acids is 2. The van der Waals surface area contributed by atoms with Crippen molar-refractivity contribution in [1.29, 1.82) is 0 Å². The van der Waals surface area contributed by atoms with E-state index < -0.39 is 0 Å². The summed E-state index contributed by atoms with van der Waals surface area (Å²) < 4.78 is 5.42. The number of rotatable bonds is 6. The average Bonchev–Trinajstić information content (AvgIpc) is 3.05. The van der Waals surface area contributed by atoms with Crippen molar-refractivity contribution in [2.24, 2.45) is 5.92 Å². The molecule has 5 nitrogen and oxygen atoms in total. The van der Waals surface area contributed by atoms with Crippen molar-refractivity contribution in [3.05, 3.63) is 59.2 Å². The fourth-order valence-electron chi connectivity index (χ4n) is 3.23. The number of anilines is 1. The molecule has 1 atom stereocenters. The van der Waals surface area contributed by atoms with Gasteiger partial charge < -0.3 is 15.0 Å². The van der Waals surface area contributed by atoms with Gasteiger partial charge in [-0.15, -0.1) is 0 Å². The number of hydrogen-bond acceptors (Lipinski definition) is 3. The molecule has 0 radical (unpaired) electrons. The van der Waals surface area contributed by atoms with Crippen molar-refractivity contribution < 1.29 is 14.3 Å². The molecule has 0 aliphatic carbocycles. The normalized spacial score (nSPS) is 16.5. The summed E-state index contributed by atoms with van der Waals surface area (Å²) in [5, 5.41) is 2.95. The van der Waals surface area contributed by atoms with Crippen LogP contribution in [0.2, 0.25) is 0 Å². The molecule has 0 spiro atoms. The van der Waals surface area contributed by atoms with E-state index in [9.17, 15) is 9.59 Å². The van der Waals surface area contributed by atoms with Crippen LogP contribution in [0.4, 0.5) is 5.69 Å². The zero-order valence-electron chi connectivity index (χ0n) is 16.1. The quantitative estimate of drug-likeness (QED) is 0.853. The number of nitrogens with zero attached hydrogens (tertiary/aromatic N) is 1. The number of aryl methyl sites for hydroxylation is 2. The maximum atomic E-state index is 12.5. The Balaban J connectivity index is 1.57. The van der Waals surface area contributed by atoms with Crippen LogP contribution < -0.4 is 15.0 Å². The molecular weight excluding hydrogens is 340 g/mol. The summed E-state index contributed by atoms with van der Waals surface area (Å²) in [5.74, 6) is 0.419. The highest BCUT2D eigenvalue weighted by Gasteiger charge is 2.35. The molecule has 2 aromatic rings. The Hall–Kier alpha value is -2.82. The minimum absolute atomic E-state index is 0.000490. The van der Waals surface area contributed by atoms with Gasteiger partial charge in [-0.05, 0) is 61.7 Å². The predicted octanol–water partition coefficient (Wildman–Crippen LogP) is 3.37. The fourth-order valence-corrected chi connectivity index (χ4v) is 3.23. The van der Waals surface area contributed by atoms with Gasteiger partial charge in [0.2, 0.25) is 11.8 Å². The Bertz CT molecular complexity index is 830. The average molecular weight is 366 g/mol. The molecule has 0 aromatic heterocycles. The summed E-state index contributed by atoms with van der Waals surface area (Å²) in [6.07, 6.45) is 0.252. The van der Waals surface area contributed by atoms with E-state index in [1.165, 1.54) is 5.56 Å². The molecule has 1 saturated heterocycles. The molecule has 3 rings (SSSR count). The summed E-state index contributed by atoms with van der Waals surface area (Å²) in [5.41, 5.74) is 4.20. The van der Waals surface area contributed by atoms with Gasteiger partial charge in [0.05, 0.1) is 12.5 Å². The lowest BCUT2D eigenvalue weighted by molar-refractivity contribution is -0.126. The van der Waals surface area contributed by atoms with E-state index in [1.807, 2.05) is 63.2 Å². The lowest BCUT2D eigenvalue weighted by Crippen LogP contribution is -2.32. The Labute approximate surface area is 160 Å². The first kappa shape index (κ1) is 19.0. The third kappa shape index (κ3) is 4.48. The molecule has 27 heavy (non-hydrogen) atoms. The lowest BCUT2D eigenvalue weighted by Gasteiger charge is -2.18. The Morgan fingerprint density at radius 2 is 1.89 bits per heavy atom. The summed E-state index contributed by atoms with van der Waals surface area (Å²) in [6, 6.07) is 13.6. The molecule has 1 aliphatic heterocycles. The predicted molar refractivity (Wildman–Crippen MR) is 106 cm³/mol. The fraction of sp³-hybridized carbons (Fsp3) is 0.364. The second-order valence-corrected chi connectivity index (χ2v) is 6.97. The van der Waals surface area contributed by atoms with Crippen LogP contribution >= 0.6 is 0 Å². The van der Waals surface area contributed by atoms with Crippen LogP contribution in [0.3, 0.4) is 0 Å². The Kier molecular flexibility index (Phi) is 5.79. The minimum Gasteiger partial charge on any atom is -0.494 e. The summed E-state index contributed by atoms with van der Waals surface area (Å²) in [6.45, 7) is 7.51. The molecule has 5 heteroatoms.